The third-order valence-electron chi connectivity index (χ3n) is 3.40. The molecule has 0 aliphatic rings. The van der Waals surface area contributed by atoms with E-state index >= 15 is 0 Å². The molecule has 0 bridgehead atoms. The van der Waals surface area contributed by atoms with Crippen LogP contribution >= 0.6 is 0 Å². The van der Waals surface area contributed by atoms with Gasteiger partial charge in [-0.25, -0.2) is 4.68 Å². The van der Waals surface area contributed by atoms with Crippen molar-refractivity contribution >= 4 is 5.97 Å². The maximum Gasteiger partial charge on any atom is 0.416 e. The van der Waals surface area contributed by atoms with Crippen LogP contribution in [0.5, 0.6) is 0 Å². The van der Waals surface area contributed by atoms with Crippen molar-refractivity contribution in [2.75, 3.05) is 13.1 Å². The molecule has 0 radical (unpaired) electrons. The van der Waals surface area contributed by atoms with Gasteiger partial charge >= 0.3 is 12.1 Å². The molecule has 1 N–H and O–H groups in total. The molecule has 0 aliphatic carbocycles. The van der Waals surface area contributed by atoms with Crippen LogP contribution in [0.15, 0.2) is 36.7 Å². The Morgan fingerprint density at radius 3 is 2.50 bits per heavy atom. The molecule has 5 nitrogen and oxygen atoms in total. The number of aromatic nitrogens is 2. The predicted molar refractivity (Wildman–Crippen MR) is 81.8 cm³/mol. The Kier molecular flexibility index (Phi) is 5.61. The number of aliphatic carboxylic acids is 1. The maximum absolute atomic E-state index is 12.6. The lowest BCUT2D eigenvalue weighted by atomic mass is 10.2. The molecule has 2 rings (SSSR count). The zero-order valence-electron chi connectivity index (χ0n) is 13.1. The molecular formula is C16H18F3N3O2. The van der Waals surface area contributed by atoms with E-state index in [1.54, 1.807) is 17.3 Å². The molecule has 0 atom stereocenters. The van der Waals surface area contributed by atoms with Crippen molar-refractivity contribution in [3.63, 3.8) is 0 Å². The number of alkyl halides is 3. The third-order valence-corrected chi connectivity index (χ3v) is 3.40. The molecule has 1 aromatic heterocycles. The van der Waals surface area contributed by atoms with E-state index in [1.807, 2.05) is 6.92 Å². The van der Waals surface area contributed by atoms with Gasteiger partial charge in [0.25, 0.3) is 0 Å². The van der Waals surface area contributed by atoms with Crippen molar-refractivity contribution in [2.24, 2.45) is 0 Å². The summed E-state index contributed by atoms with van der Waals surface area (Å²) in [6, 6.07) is 4.70. The van der Waals surface area contributed by atoms with Crippen LogP contribution in [0.4, 0.5) is 13.2 Å². The number of nitrogens with zero attached hydrogens (tertiary/aromatic N) is 3. The van der Waals surface area contributed by atoms with E-state index < -0.39 is 17.7 Å². The second-order valence-electron chi connectivity index (χ2n) is 5.44. The normalized spacial score (nSPS) is 11.9. The van der Waals surface area contributed by atoms with Crippen molar-refractivity contribution in [1.29, 1.82) is 0 Å². The average molecular weight is 341 g/mol. The number of halogens is 3. The number of carboxylic acids is 1. The number of rotatable bonds is 7. The summed E-state index contributed by atoms with van der Waals surface area (Å²) in [6.07, 6.45) is -0.277. The van der Waals surface area contributed by atoms with Gasteiger partial charge in [0.15, 0.2) is 0 Å². The quantitative estimate of drug-likeness (QED) is 0.840. The van der Waals surface area contributed by atoms with E-state index in [4.69, 9.17) is 5.11 Å². The Morgan fingerprint density at radius 1 is 1.29 bits per heavy atom. The Hall–Kier alpha value is -2.35. The van der Waals surface area contributed by atoms with Crippen LogP contribution in [0, 0.1) is 0 Å². The summed E-state index contributed by atoms with van der Waals surface area (Å²) in [6.45, 7) is 2.94. The largest absolute Gasteiger partial charge is 0.480 e. The lowest BCUT2D eigenvalue weighted by molar-refractivity contribution is -0.139. The topological polar surface area (TPSA) is 58.4 Å². The molecule has 0 aliphatic heterocycles. The summed E-state index contributed by atoms with van der Waals surface area (Å²) in [5.41, 5.74) is 0.591. The van der Waals surface area contributed by atoms with Gasteiger partial charge in [-0.05, 0) is 37.2 Å². The zero-order valence-corrected chi connectivity index (χ0v) is 13.1. The van der Waals surface area contributed by atoms with E-state index in [-0.39, 0.29) is 6.54 Å². The molecule has 24 heavy (non-hydrogen) atoms. The Balaban J connectivity index is 2.10. The van der Waals surface area contributed by atoms with Crippen molar-refractivity contribution in [2.45, 2.75) is 26.1 Å². The van der Waals surface area contributed by atoms with E-state index in [2.05, 4.69) is 5.10 Å². The summed E-state index contributed by atoms with van der Waals surface area (Å²) < 4.78 is 39.2. The first-order chi connectivity index (χ1) is 11.3. The molecule has 2 aromatic rings. The molecule has 0 spiro atoms. The van der Waals surface area contributed by atoms with Crippen molar-refractivity contribution in [3.05, 3.63) is 47.8 Å². The summed E-state index contributed by atoms with van der Waals surface area (Å²) in [5, 5.41) is 13.0. The molecule has 0 fully saturated rings. The highest BCUT2D eigenvalue weighted by Gasteiger charge is 2.30. The third kappa shape index (κ3) is 4.82. The lowest BCUT2D eigenvalue weighted by Crippen LogP contribution is -2.29. The van der Waals surface area contributed by atoms with Gasteiger partial charge < -0.3 is 5.11 Å². The minimum Gasteiger partial charge on any atom is -0.480 e. The standard InChI is InChI=1S/C16H18F3N3O2/c1-2-7-21(11-15(23)24)9-12-8-20-22(10-12)14-5-3-13(4-6-14)16(17,18)19/h3-6,8,10H,2,7,9,11H2,1H3,(H,23,24). The predicted octanol–water partition coefficient (Wildman–Crippen LogP) is 3.19. The number of carboxylic acid groups (broad SMARTS) is 1. The molecule has 130 valence electrons. The summed E-state index contributed by atoms with van der Waals surface area (Å²) >= 11 is 0. The van der Waals surface area contributed by atoms with E-state index in [0.717, 1.165) is 24.1 Å². The van der Waals surface area contributed by atoms with Crippen LogP contribution in [-0.2, 0) is 17.5 Å². The van der Waals surface area contributed by atoms with Gasteiger partial charge in [-0.15, -0.1) is 0 Å². The monoisotopic (exact) mass is 341 g/mol. The number of hydrogen-bond donors (Lipinski definition) is 1. The van der Waals surface area contributed by atoms with Crippen LogP contribution in [0.3, 0.4) is 0 Å². The van der Waals surface area contributed by atoms with Crippen LogP contribution in [-0.4, -0.2) is 38.8 Å². The van der Waals surface area contributed by atoms with E-state index in [0.29, 0.717) is 18.8 Å². The first-order valence-electron chi connectivity index (χ1n) is 7.45. The minimum absolute atomic E-state index is 0.0701. The fourth-order valence-corrected chi connectivity index (χ4v) is 2.37. The SMILES string of the molecule is CCCN(CC(=O)O)Cc1cnn(-c2ccc(C(F)(F)F)cc2)c1. The van der Waals surface area contributed by atoms with E-state index in [1.165, 1.54) is 16.8 Å². The van der Waals surface area contributed by atoms with Crippen LogP contribution in [0.25, 0.3) is 5.69 Å². The van der Waals surface area contributed by atoms with E-state index in [9.17, 15) is 18.0 Å². The number of carbonyl (C=O) groups is 1. The maximum atomic E-state index is 12.6. The molecule has 1 heterocycles. The summed E-state index contributed by atoms with van der Waals surface area (Å²) in [4.78, 5) is 12.6. The second-order valence-corrected chi connectivity index (χ2v) is 5.44. The summed E-state index contributed by atoms with van der Waals surface area (Å²) in [7, 11) is 0. The van der Waals surface area contributed by atoms with Crippen molar-refractivity contribution in [3.8, 4) is 5.69 Å². The zero-order chi connectivity index (χ0) is 17.7. The van der Waals surface area contributed by atoms with Crippen molar-refractivity contribution in [1.82, 2.24) is 14.7 Å². The number of benzene rings is 1. The highest BCUT2D eigenvalue weighted by Crippen LogP contribution is 2.29. The first kappa shape index (κ1) is 18.0. The fourth-order valence-electron chi connectivity index (χ4n) is 2.37. The van der Waals surface area contributed by atoms with Gasteiger partial charge in [0.2, 0.25) is 0 Å². The number of hydrogen-bond acceptors (Lipinski definition) is 3. The lowest BCUT2D eigenvalue weighted by Gasteiger charge is -2.18. The highest BCUT2D eigenvalue weighted by molar-refractivity contribution is 5.69. The molecule has 8 heteroatoms. The second kappa shape index (κ2) is 7.48. The molecule has 0 saturated heterocycles. The van der Waals surface area contributed by atoms with Crippen molar-refractivity contribution < 1.29 is 23.1 Å². The van der Waals surface area contributed by atoms with Gasteiger partial charge in [0.1, 0.15) is 0 Å². The smallest absolute Gasteiger partial charge is 0.416 e. The van der Waals surface area contributed by atoms with Gasteiger partial charge in [-0.2, -0.15) is 18.3 Å². The average Bonchev–Trinajstić information content (AvgIpc) is 2.94. The molecular weight excluding hydrogens is 323 g/mol. The molecule has 1 aromatic carbocycles. The molecule has 0 unspecified atom stereocenters. The molecule has 0 saturated carbocycles. The van der Waals surface area contributed by atoms with Crippen LogP contribution in [0.2, 0.25) is 0 Å². The van der Waals surface area contributed by atoms with Gasteiger partial charge in [0, 0.05) is 18.3 Å². The van der Waals surface area contributed by atoms with Crippen LogP contribution in [0.1, 0.15) is 24.5 Å². The van der Waals surface area contributed by atoms with Crippen LogP contribution < -0.4 is 0 Å². The Morgan fingerprint density at radius 2 is 1.96 bits per heavy atom. The highest BCUT2D eigenvalue weighted by atomic mass is 19.4. The molecule has 0 amide bonds. The Bertz CT molecular complexity index is 681. The van der Waals surface area contributed by atoms with Gasteiger partial charge in [0.05, 0.1) is 24.0 Å². The summed E-state index contributed by atoms with van der Waals surface area (Å²) in [5.74, 6) is -0.904. The minimum atomic E-state index is -4.37. The van der Waals surface area contributed by atoms with Gasteiger partial charge in [-0.1, -0.05) is 6.92 Å². The first-order valence-corrected chi connectivity index (χ1v) is 7.45. The Labute approximate surface area is 137 Å². The van der Waals surface area contributed by atoms with Gasteiger partial charge in [-0.3, -0.25) is 9.69 Å². The fraction of sp³-hybridized carbons (Fsp3) is 0.375.